The summed E-state index contributed by atoms with van der Waals surface area (Å²) < 4.78 is 6.17. The monoisotopic (exact) mass is 233 g/mol. The largest absolute Gasteiger partial charge is 0.497 e. The van der Waals surface area contributed by atoms with E-state index < -0.39 is 6.10 Å². The number of aliphatic hydroxyl groups is 1. The van der Waals surface area contributed by atoms with Gasteiger partial charge in [-0.1, -0.05) is 5.92 Å². The molecule has 1 unspecified atom stereocenters. The van der Waals surface area contributed by atoms with E-state index in [1.54, 1.807) is 14.0 Å². The number of rotatable bonds is 1. The van der Waals surface area contributed by atoms with E-state index in [2.05, 4.69) is 16.8 Å². The number of aromatic nitrogens is 1. The highest BCUT2D eigenvalue weighted by atomic mass is 32.1. The number of ether oxygens (including phenoxy) is 1. The first-order chi connectivity index (χ1) is 7.69. The molecule has 2 rings (SSSR count). The van der Waals surface area contributed by atoms with Crippen LogP contribution in [0.5, 0.6) is 5.75 Å². The fraction of sp³-hybridized carbons (Fsp3) is 0.250. The van der Waals surface area contributed by atoms with Crippen LogP contribution in [0.2, 0.25) is 0 Å². The number of nitrogens with zero attached hydrogens (tertiary/aromatic N) is 1. The van der Waals surface area contributed by atoms with Crippen molar-refractivity contribution >= 4 is 21.6 Å². The molecule has 0 radical (unpaired) electrons. The van der Waals surface area contributed by atoms with Crippen LogP contribution in [0, 0.1) is 11.8 Å². The molecule has 0 bridgehead atoms. The predicted molar refractivity (Wildman–Crippen MR) is 64.7 cm³/mol. The number of thiazole rings is 1. The Morgan fingerprint density at radius 2 is 2.31 bits per heavy atom. The van der Waals surface area contributed by atoms with Crippen LogP contribution in [-0.4, -0.2) is 23.3 Å². The summed E-state index contributed by atoms with van der Waals surface area (Å²) >= 11 is 1.49. The second-order valence-electron chi connectivity index (χ2n) is 3.30. The van der Waals surface area contributed by atoms with Gasteiger partial charge in [0.25, 0.3) is 0 Å². The zero-order valence-electron chi connectivity index (χ0n) is 9.02. The highest BCUT2D eigenvalue weighted by molar-refractivity contribution is 7.19. The molecule has 0 saturated carbocycles. The van der Waals surface area contributed by atoms with Crippen LogP contribution < -0.4 is 4.74 Å². The van der Waals surface area contributed by atoms with Gasteiger partial charge in [-0.3, -0.25) is 0 Å². The molecule has 1 aromatic heterocycles. The molecule has 1 heterocycles. The highest BCUT2D eigenvalue weighted by Crippen LogP contribution is 2.25. The first-order valence-corrected chi connectivity index (χ1v) is 5.65. The molecule has 4 heteroatoms. The lowest BCUT2D eigenvalue weighted by atomic mass is 10.3. The molecule has 1 aromatic carbocycles. The van der Waals surface area contributed by atoms with Crippen LogP contribution in [0.15, 0.2) is 18.2 Å². The number of hydrogen-bond donors (Lipinski definition) is 1. The minimum absolute atomic E-state index is 0.624. The zero-order valence-corrected chi connectivity index (χ0v) is 9.84. The summed E-state index contributed by atoms with van der Waals surface area (Å²) in [7, 11) is 1.64. The molecule has 0 saturated heterocycles. The number of hydrogen-bond acceptors (Lipinski definition) is 4. The van der Waals surface area contributed by atoms with Crippen molar-refractivity contribution in [3.63, 3.8) is 0 Å². The van der Waals surface area contributed by atoms with E-state index in [0.29, 0.717) is 5.01 Å². The number of methoxy groups -OCH3 is 1. The number of fused-ring (bicyclic) bond motifs is 1. The van der Waals surface area contributed by atoms with E-state index in [4.69, 9.17) is 9.84 Å². The van der Waals surface area contributed by atoms with E-state index in [1.807, 2.05) is 18.2 Å². The maximum absolute atomic E-state index is 9.05. The zero-order chi connectivity index (χ0) is 11.5. The molecule has 82 valence electrons. The standard InChI is InChI=1S/C12H11NO2S/c1-8(14)3-6-12-13-10-5-4-9(15-2)7-11(10)16-12/h4-5,7-8,14H,1-2H3. The first-order valence-electron chi connectivity index (χ1n) is 4.83. The molecule has 0 fully saturated rings. The highest BCUT2D eigenvalue weighted by Gasteiger charge is 2.02. The van der Waals surface area contributed by atoms with Crippen molar-refractivity contribution in [3.05, 3.63) is 23.2 Å². The van der Waals surface area contributed by atoms with E-state index in [9.17, 15) is 0 Å². The Kier molecular flexibility index (Phi) is 3.09. The summed E-state index contributed by atoms with van der Waals surface area (Å²) in [6.07, 6.45) is -0.624. The average Bonchev–Trinajstić information content (AvgIpc) is 2.67. The number of aliphatic hydroxyl groups excluding tert-OH is 1. The van der Waals surface area contributed by atoms with Crippen molar-refractivity contribution in [1.29, 1.82) is 0 Å². The lowest BCUT2D eigenvalue weighted by Crippen LogP contribution is -1.92. The second kappa shape index (κ2) is 4.52. The Morgan fingerprint density at radius 1 is 1.50 bits per heavy atom. The maximum atomic E-state index is 9.05. The summed E-state index contributed by atoms with van der Waals surface area (Å²) in [4.78, 5) is 4.34. The first kappa shape index (κ1) is 10.9. The fourth-order valence-corrected chi connectivity index (χ4v) is 2.11. The van der Waals surface area contributed by atoms with Gasteiger partial charge in [0.15, 0.2) is 5.01 Å². The van der Waals surface area contributed by atoms with E-state index >= 15 is 0 Å². The van der Waals surface area contributed by atoms with E-state index in [0.717, 1.165) is 16.0 Å². The quantitative estimate of drug-likeness (QED) is 0.766. The van der Waals surface area contributed by atoms with Crippen LogP contribution in [-0.2, 0) is 0 Å². The SMILES string of the molecule is COc1ccc2nc(C#CC(C)O)sc2c1. The summed E-state index contributed by atoms with van der Waals surface area (Å²) in [5.74, 6) is 6.32. The normalized spacial score (nSPS) is 11.9. The Morgan fingerprint density at radius 3 is 3.00 bits per heavy atom. The fourth-order valence-electron chi connectivity index (χ4n) is 1.25. The second-order valence-corrected chi connectivity index (χ2v) is 4.33. The lowest BCUT2D eigenvalue weighted by molar-refractivity contribution is 0.253. The van der Waals surface area contributed by atoms with E-state index in [-0.39, 0.29) is 0 Å². The smallest absolute Gasteiger partial charge is 0.168 e. The number of benzene rings is 1. The van der Waals surface area contributed by atoms with Gasteiger partial charge in [-0.05, 0) is 31.0 Å². The van der Waals surface area contributed by atoms with E-state index in [1.165, 1.54) is 11.3 Å². The van der Waals surface area contributed by atoms with Gasteiger partial charge in [-0.15, -0.1) is 11.3 Å². The molecule has 0 amide bonds. The molecular weight excluding hydrogens is 222 g/mol. The minimum Gasteiger partial charge on any atom is -0.497 e. The van der Waals surface area contributed by atoms with Gasteiger partial charge in [-0.25, -0.2) is 4.98 Å². The molecule has 0 aliphatic heterocycles. The Balaban J connectivity index is 2.41. The van der Waals surface area contributed by atoms with Crippen molar-refractivity contribution in [2.45, 2.75) is 13.0 Å². The van der Waals surface area contributed by atoms with Gasteiger partial charge >= 0.3 is 0 Å². The molecule has 0 aliphatic rings. The summed E-state index contributed by atoms with van der Waals surface area (Å²) in [5.41, 5.74) is 0.903. The van der Waals surface area contributed by atoms with Crippen LogP contribution in [0.4, 0.5) is 0 Å². The molecule has 0 aliphatic carbocycles. The maximum Gasteiger partial charge on any atom is 0.168 e. The summed E-state index contributed by atoms with van der Waals surface area (Å²) in [6, 6.07) is 5.70. The van der Waals surface area contributed by atoms with Crippen molar-refractivity contribution in [2.75, 3.05) is 7.11 Å². The van der Waals surface area contributed by atoms with Gasteiger partial charge in [0, 0.05) is 0 Å². The van der Waals surface area contributed by atoms with Crippen LogP contribution >= 0.6 is 11.3 Å². The predicted octanol–water partition coefficient (Wildman–Crippen LogP) is 2.04. The summed E-state index contributed by atoms with van der Waals surface area (Å²) in [6.45, 7) is 1.63. The average molecular weight is 233 g/mol. The lowest BCUT2D eigenvalue weighted by Gasteiger charge is -1.96. The van der Waals surface area contributed by atoms with Crippen LogP contribution in [0.25, 0.3) is 10.2 Å². The van der Waals surface area contributed by atoms with Gasteiger partial charge in [0.05, 0.1) is 17.3 Å². The van der Waals surface area contributed by atoms with Crippen molar-refractivity contribution in [3.8, 4) is 17.6 Å². The molecule has 2 aromatic rings. The molecule has 0 spiro atoms. The third kappa shape index (κ3) is 2.32. The molecule has 1 atom stereocenters. The molecular formula is C12H11NO2S. The van der Waals surface area contributed by atoms with Gasteiger partial charge in [0.2, 0.25) is 0 Å². The van der Waals surface area contributed by atoms with Gasteiger partial charge in [-0.2, -0.15) is 0 Å². The van der Waals surface area contributed by atoms with Crippen LogP contribution in [0.1, 0.15) is 11.9 Å². The van der Waals surface area contributed by atoms with Crippen molar-refractivity contribution in [1.82, 2.24) is 4.98 Å². The Hall–Kier alpha value is -1.57. The van der Waals surface area contributed by atoms with Gasteiger partial charge in [0.1, 0.15) is 11.9 Å². The Labute approximate surface area is 97.7 Å². The molecule has 16 heavy (non-hydrogen) atoms. The Bertz CT molecular complexity index is 563. The molecule has 3 nitrogen and oxygen atoms in total. The third-order valence-corrected chi connectivity index (χ3v) is 2.92. The van der Waals surface area contributed by atoms with Crippen molar-refractivity contribution in [2.24, 2.45) is 0 Å². The molecule has 1 N–H and O–H groups in total. The van der Waals surface area contributed by atoms with Crippen molar-refractivity contribution < 1.29 is 9.84 Å². The topological polar surface area (TPSA) is 42.4 Å². The minimum atomic E-state index is -0.624. The summed E-state index contributed by atoms with van der Waals surface area (Å²) in [5, 5.41) is 9.77. The third-order valence-electron chi connectivity index (χ3n) is 1.98. The van der Waals surface area contributed by atoms with Gasteiger partial charge < -0.3 is 9.84 Å². The van der Waals surface area contributed by atoms with Crippen LogP contribution in [0.3, 0.4) is 0 Å².